The van der Waals surface area contributed by atoms with Crippen molar-refractivity contribution in [1.82, 2.24) is 14.2 Å². The van der Waals surface area contributed by atoms with Crippen LogP contribution in [0.15, 0.2) is 54.2 Å². The topological polar surface area (TPSA) is 96.6 Å². The van der Waals surface area contributed by atoms with E-state index in [0.29, 0.717) is 24.4 Å². The average molecular weight is 463 g/mol. The van der Waals surface area contributed by atoms with Crippen molar-refractivity contribution in [2.45, 2.75) is 50.4 Å². The van der Waals surface area contributed by atoms with Gasteiger partial charge in [-0.3, -0.25) is 4.79 Å². The molecule has 7 nitrogen and oxygen atoms in total. The lowest BCUT2D eigenvalue weighted by atomic mass is 10.1. The zero-order valence-corrected chi connectivity index (χ0v) is 19.4. The highest BCUT2D eigenvalue weighted by Gasteiger charge is 2.39. The number of carbonyl (C=O) groups is 1. The van der Waals surface area contributed by atoms with E-state index >= 15 is 0 Å². The number of rotatable bonds is 9. The van der Waals surface area contributed by atoms with Crippen LogP contribution in [0.1, 0.15) is 49.2 Å². The molecule has 1 saturated heterocycles. The number of benzene rings is 1. The van der Waals surface area contributed by atoms with E-state index in [9.17, 15) is 13.2 Å². The van der Waals surface area contributed by atoms with E-state index in [-0.39, 0.29) is 12.3 Å². The number of hydrogen-bond acceptors (Lipinski definition) is 6. The average Bonchev–Trinajstić information content (AvgIpc) is 3.20. The van der Waals surface area contributed by atoms with E-state index < -0.39 is 28.0 Å². The molecule has 0 radical (unpaired) electrons. The van der Waals surface area contributed by atoms with Crippen LogP contribution >= 0.6 is 11.3 Å². The normalized spacial score (nSPS) is 19.2. The predicted octanol–water partition coefficient (Wildman–Crippen LogP) is 3.28. The number of sulfonamides is 1. The van der Waals surface area contributed by atoms with Gasteiger partial charge in [0, 0.05) is 36.8 Å². The summed E-state index contributed by atoms with van der Waals surface area (Å²) in [5, 5.41) is 2.54. The van der Waals surface area contributed by atoms with Crippen molar-refractivity contribution in [3.8, 4) is 0 Å². The second-order valence-corrected chi connectivity index (χ2v) is 10.6. The zero-order valence-electron chi connectivity index (χ0n) is 17.8. The monoisotopic (exact) mass is 462 g/mol. The zero-order chi connectivity index (χ0) is 22.4. The van der Waals surface area contributed by atoms with E-state index in [1.165, 1.54) is 15.6 Å². The Bertz CT molecular complexity index is 977. The summed E-state index contributed by atoms with van der Waals surface area (Å²) >= 11 is 1.42. The summed E-state index contributed by atoms with van der Waals surface area (Å²) in [7, 11) is -3.63. The molecule has 0 aliphatic carbocycles. The third-order valence-electron chi connectivity index (χ3n) is 5.57. The highest BCUT2D eigenvalue weighted by Crippen LogP contribution is 2.34. The summed E-state index contributed by atoms with van der Waals surface area (Å²) in [5.41, 5.74) is 7.21. The molecule has 1 aliphatic heterocycles. The maximum absolute atomic E-state index is 13.5. The highest BCUT2D eigenvalue weighted by molar-refractivity contribution is 7.88. The SMILES string of the molecule is C=C1CCN(S(=O)(=O)Cc2ccccc2)C(c2nccs2)CN1C(CCCC)C(N)=O. The minimum Gasteiger partial charge on any atom is -0.368 e. The van der Waals surface area contributed by atoms with E-state index in [0.717, 1.165) is 24.1 Å². The molecule has 1 fully saturated rings. The van der Waals surface area contributed by atoms with Crippen molar-refractivity contribution in [2.75, 3.05) is 13.1 Å². The van der Waals surface area contributed by atoms with Crippen molar-refractivity contribution >= 4 is 27.3 Å². The summed E-state index contributed by atoms with van der Waals surface area (Å²) in [4.78, 5) is 18.6. The molecule has 2 unspecified atom stereocenters. The quantitative estimate of drug-likeness (QED) is 0.617. The third kappa shape index (κ3) is 5.72. The van der Waals surface area contributed by atoms with Crippen LogP contribution in [-0.2, 0) is 20.6 Å². The van der Waals surface area contributed by atoms with Crippen LogP contribution in [0, 0.1) is 0 Å². The summed E-state index contributed by atoms with van der Waals surface area (Å²) < 4.78 is 28.5. The number of nitrogens with zero attached hydrogens (tertiary/aromatic N) is 3. The van der Waals surface area contributed by atoms with Crippen LogP contribution < -0.4 is 5.73 Å². The second kappa shape index (κ2) is 10.4. The Morgan fingerprint density at radius 1 is 1.35 bits per heavy atom. The first-order valence-electron chi connectivity index (χ1n) is 10.5. The lowest BCUT2D eigenvalue weighted by Gasteiger charge is -2.35. The Morgan fingerprint density at radius 2 is 2.10 bits per heavy atom. The molecule has 31 heavy (non-hydrogen) atoms. The molecule has 1 amide bonds. The van der Waals surface area contributed by atoms with Crippen LogP contribution in [-0.4, -0.2) is 47.6 Å². The van der Waals surface area contributed by atoms with Crippen molar-refractivity contribution in [2.24, 2.45) is 5.73 Å². The molecular weight excluding hydrogens is 432 g/mol. The largest absolute Gasteiger partial charge is 0.368 e. The van der Waals surface area contributed by atoms with Gasteiger partial charge in [-0.1, -0.05) is 56.7 Å². The molecule has 0 bridgehead atoms. The summed E-state index contributed by atoms with van der Waals surface area (Å²) in [6.45, 7) is 6.81. The van der Waals surface area contributed by atoms with Gasteiger partial charge in [-0.15, -0.1) is 11.3 Å². The number of carbonyl (C=O) groups excluding carboxylic acids is 1. The predicted molar refractivity (Wildman–Crippen MR) is 124 cm³/mol. The number of hydrogen-bond donors (Lipinski definition) is 1. The number of nitrogens with two attached hydrogens (primary N) is 1. The van der Waals surface area contributed by atoms with Gasteiger partial charge >= 0.3 is 0 Å². The molecule has 3 rings (SSSR count). The Labute approximate surface area is 188 Å². The van der Waals surface area contributed by atoms with E-state index in [2.05, 4.69) is 18.5 Å². The number of thiazole rings is 1. The molecule has 2 heterocycles. The number of primary amides is 1. The van der Waals surface area contributed by atoms with Gasteiger partial charge in [0.2, 0.25) is 15.9 Å². The number of unbranched alkanes of at least 4 members (excludes halogenated alkanes) is 1. The molecule has 1 aromatic heterocycles. The minimum atomic E-state index is -3.63. The molecule has 2 atom stereocenters. The second-order valence-electron chi connectivity index (χ2n) is 7.77. The molecule has 1 aliphatic rings. The Morgan fingerprint density at radius 3 is 2.71 bits per heavy atom. The minimum absolute atomic E-state index is 0.0860. The van der Waals surface area contributed by atoms with Gasteiger partial charge in [0.25, 0.3) is 0 Å². The standard InChI is InChI=1S/C22H30N4O3S2/c1-3-4-10-19(21(23)27)25-15-20(22-24-12-14-30-22)26(13-11-17(25)2)31(28,29)16-18-8-6-5-7-9-18/h5-9,12,14,19-20H,2-4,10-11,13,15-16H2,1H3,(H2,23,27). The fourth-order valence-corrected chi connectivity index (χ4v) is 6.45. The van der Waals surface area contributed by atoms with Gasteiger partial charge in [0.1, 0.15) is 11.0 Å². The van der Waals surface area contributed by atoms with Crippen molar-refractivity contribution in [3.63, 3.8) is 0 Å². The van der Waals surface area contributed by atoms with Crippen molar-refractivity contribution in [3.05, 3.63) is 64.8 Å². The van der Waals surface area contributed by atoms with Crippen molar-refractivity contribution in [1.29, 1.82) is 0 Å². The smallest absolute Gasteiger partial charge is 0.240 e. The maximum Gasteiger partial charge on any atom is 0.240 e. The first-order chi connectivity index (χ1) is 14.8. The number of amides is 1. The molecule has 168 valence electrons. The van der Waals surface area contributed by atoms with E-state index in [1.807, 2.05) is 40.6 Å². The lowest BCUT2D eigenvalue weighted by molar-refractivity contribution is -0.123. The van der Waals surface area contributed by atoms with Gasteiger partial charge in [-0.25, -0.2) is 13.4 Å². The molecule has 1 aromatic carbocycles. The van der Waals surface area contributed by atoms with Crippen LogP contribution in [0.2, 0.25) is 0 Å². The Balaban J connectivity index is 1.95. The van der Waals surface area contributed by atoms with Gasteiger partial charge in [0.05, 0.1) is 11.8 Å². The Hall–Kier alpha value is -2.23. The number of aromatic nitrogens is 1. The van der Waals surface area contributed by atoms with E-state index in [4.69, 9.17) is 5.73 Å². The van der Waals surface area contributed by atoms with Crippen LogP contribution in [0.3, 0.4) is 0 Å². The molecule has 2 N–H and O–H groups in total. The summed E-state index contributed by atoms with van der Waals surface area (Å²) in [5.74, 6) is -0.495. The molecule has 0 spiro atoms. The van der Waals surface area contributed by atoms with Crippen molar-refractivity contribution < 1.29 is 13.2 Å². The van der Waals surface area contributed by atoms with Gasteiger partial charge < -0.3 is 10.6 Å². The first kappa shape index (κ1) is 23.4. The molecule has 9 heteroatoms. The van der Waals surface area contributed by atoms with Gasteiger partial charge in [-0.05, 0) is 12.0 Å². The van der Waals surface area contributed by atoms with Gasteiger partial charge in [0.15, 0.2) is 0 Å². The Kier molecular flexibility index (Phi) is 7.85. The fraction of sp³-hybridized carbons (Fsp3) is 0.455. The molecule has 0 saturated carbocycles. The van der Waals surface area contributed by atoms with Crippen LogP contribution in [0.4, 0.5) is 0 Å². The molecule has 2 aromatic rings. The summed E-state index contributed by atoms with van der Waals surface area (Å²) in [6, 6.07) is 8.14. The fourth-order valence-electron chi connectivity index (χ4n) is 3.94. The van der Waals surface area contributed by atoms with Crippen LogP contribution in [0.5, 0.6) is 0 Å². The lowest BCUT2D eigenvalue weighted by Crippen LogP contribution is -2.46. The van der Waals surface area contributed by atoms with E-state index in [1.54, 1.807) is 6.20 Å². The van der Waals surface area contributed by atoms with Gasteiger partial charge in [-0.2, -0.15) is 4.31 Å². The van der Waals surface area contributed by atoms with Crippen LogP contribution in [0.25, 0.3) is 0 Å². The first-order valence-corrected chi connectivity index (χ1v) is 13.0. The maximum atomic E-state index is 13.5. The summed E-state index contributed by atoms with van der Waals surface area (Å²) in [6.07, 6.45) is 4.53. The highest BCUT2D eigenvalue weighted by atomic mass is 32.2. The molecular formula is C22H30N4O3S2. The third-order valence-corrected chi connectivity index (χ3v) is 8.29.